The Bertz CT molecular complexity index is 1160. The molecule has 1 aliphatic rings. The molecule has 0 bridgehead atoms. The molecule has 30 heavy (non-hydrogen) atoms. The maximum absolute atomic E-state index is 12.8. The minimum Gasteiger partial charge on any atom is -0.461 e. The van der Waals surface area contributed by atoms with Crippen LogP contribution in [0.3, 0.4) is 0 Å². The van der Waals surface area contributed by atoms with Crippen molar-refractivity contribution in [2.24, 2.45) is 0 Å². The molecular formula is C20H19N7O3. The van der Waals surface area contributed by atoms with Crippen LogP contribution in [0.5, 0.6) is 0 Å². The molecule has 0 radical (unpaired) electrons. The molecule has 0 spiro atoms. The van der Waals surface area contributed by atoms with E-state index in [2.05, 4.69) is 25.0 Å². The Morgan fingerprint density at radius 2 is 1.87 bits per heavy atom. The highest BCUT2D eigenvalue weighted by Gasteiger charge is 2.26. The monoisotopic (exact) mass is 405 g/mol. The second kappa shape index (κ2) is 7.47. The number of hydrogen-bond acceptors (Lipinski definition) is 8. The van der Waals surface area contributed by atoms with Crippen LogP contribution in [0.4, 0.5) is 5.82 Å². The van der Waals surface area contributed by atoms with Gasteiger partial charge in [0.05, 0.1) is 6.26 Å². The van der Waals surface area contributed by atoms with Gasteiger partial charge in [0, 0.05) is 50.7 Å². The zero-order chi connectivity index (χ0) is 20.5. The third-order valence-corrected chi connectivity index (χ3v) is 5.09. The number of aryl methyl sites for hydroxylation is 1. The van der Waals surface area contributed by atoms with Gasteiger partial charge in [0.25, 0.3) is 5.91 Å². The van der Waals surface area contributed by atoms with Gasteiger partial charge in [0.1, 0.15) is 23.8 Å². The Balaban J connectivity index is 1.26. The smallest absolute Gasteiger partial charge is 0.276 e. The van der Waals surface area contributed by atoms with Gasteiger partial charge in [-0.1, -0.05) is 5.16 Å². The molecule has 0 aromatic carbocycles. The lowest BCUT2D eigenvalue weighted by atomic mass is 10.2. The average Bonchev–Trinajstić information content (AvgIpc) is 3.54. The zero-order valence-electron chi connectivity index (χ0n) is 16.3. The highest BCUT2D eigenvalue weighted by Crippen LogP contribution is 2.22. The Hall–Kier alpha value is -3.95. The standard InChI is InChI=1S/C20H19N7O3/c1-14-21-4-5-27(14)19-12-18(22-13-23-19)25-6-8-26(9-7-25)20(28)15-11-17(30-24-15)16-3-2-10-29-16/h2-5,10-13H,6-9H2,1H3. The SMILES string of the molecule is Cc1nccn1-c1cc(N2CCN(C(=O)c3cc(-c4ccco4)on3)CC2)ncn1. The quantitative estimate of drug-likeness (QED) is 0.509. The summed E-state index contributed by atoms with van der Waals surface area (Å²) in [5.41, 5.74) is 0.273. The van der Waals surface area contributed by atoms with Crippen LogP contribution in [0, 0.1) is 6.92 Å². The maximum atomic E-state index is 12.8. The summed E-state index contributed by atoms with van der Waals surface area (Å²) < 4.78 is 12.4. The minimum absolute atomic E-state index is 0.159. The molecule has 152 valence electrons. The normalized spacial score (nSPS) is 14.3. The molecule has 10 heteroatoms. The average molecular weight is 405 g/mol. The molecule has 1 amide bonds. The van der Waals surface area contributed by atoms with Gasteiger partial charge in [-0.25, -0.2) is 15.0 Å². The number of amides is 1. The van der Waals surface area contributed by atoms with E-state index in [1.807, 2.05) is 23.8 Å². The van der Waals surface area contributed by atoms with Gasteiger partial charge in [-0.05, 0) is 19.1 Å². The van der Waals surface area contributed by atoms with Crippen molar-refractivity contribution in [3.63, 3.8) is 0 Å². The first-order valence-corrected chi connectivity index (χ1v) is 9.56. The predicted molar refractivity (Wildman–Crippen MR) is 106 cm³/mol. The van der Waals surface area contributed by atoms with E-state index in [-0.39, 0.29) is 11.6 Å². The van der Waals surface area contributed by atoms with Crippen LogP contribution in [0.1, 0.15) is 16.3 Å². The summed E-state index contributed by atoms with van der Waals surface area (Å²) in [4.78, 5) is 29.7. The van der Waals surface area contributed by atoms with Crippen LogP contribution in [0.25, 0.3) is 17.3 Å². The highest BCUT2D eigenvalue weighted by molar-refractivity contribution is 5.93. The van der Waals surface area contributed by atoms with Crippen LogP contribution < -0.4 is 4.90 Å². The first-order valence-electron chi connectivity index (χ1n) is 9.56. The van der Waals surface area contributed by atoms with Crippen molar-refractivity contribution in [1.82, 2.24) is 29.6 Å². The summed E-state index contributed by atoms with van der Waals surface area (Å²) in [5, 5.41) is 3.90. The second-order valence-electron chi connectivity index (χ2n) is 6.91. The molecule has 0 aliphatic carbocycles. The van der Waals surface area contributed by atoms with E-state index in [0.717, 1.165) is 17.5 Å². The summed E-state index contributed by atoms with van der Waals surface area (Å²) >= 11 is 0. The van der Waals surface area contributed by atoms with Crippen LogP contribution in [0.15, 0.2) is 58.2 Å². The number of rotatable bonds is 4. The molecule has 5 heterocycles. The number of imidazole rings is 1. The number of piperazine rings is 1. The Labute approximate surface area is 171 Å². The van der Waals surface area contributed by atoms with Crippen LogP contribution in [-0.2, 0) is 0 Å². The molecule has 1 saturated heterocycles. The number of carbonyl (C=O) groups is 1. The van der Waals surface area contributed by atoms with Crippen molar-refractivity contribution < 1.29 is 13.7 Å². The Kier molecular flexibility index (Phi) is 4.51. The zero-order valence-corrected chi connectivity index (χ0v) is 16.3. The summed E-state index contributed by atoms with van der Waals surface area (Å²) in [6.07, 6.45) is 6.70. The molecule has 1 aliphatic heterocycles. The highest BCUT2D eigenvalue weighted by atomic mass is 16.5. The molecule has 4 aromatic heterocycles. The van der Waals surface area contributed by atoms with Crippen LogP contribution >= 0.6 is 0 Å². The maximum Gasteiger partial charge on any atom is 0.276 e. The van der Waals surface area contributed by atoms with E-state index in [4.69, 9.17) is 8.94 Å². The Morgan fingerprint density at radius 3 is 2.60 bits per heavy atom. The third-order valence-electron chi connectivity index (χ3n) is 5.09. The first kappa shape index (κ1) is 18.1. The van der Waals surface area contributed by atoms with Gasteiger partial charge in [0.2, 0.25) is 5.76 Å². The fraction of sp³-hybridized carbons (Fsp3) is 0.250. The number of furan rings is 1. The molecular weight excluding hydrogens is 386 g/mol. The predicted octanol–water partition coefficient (Wildman–Crippen LogP) is 2.18. The molecule has 4 aromatic rings. The van der Waals surface area contributed by atoms with Crippen LogP contribution in [0.2, 0.25) is 0 Å². The van der Waals surface area contributed by atoms with E-state index >= 15 is 0 Å². The van der Waals surface area contributed by atoms with Crippen molar-refractivity contribution in [3.8, 4) is 17.3 Å². The first-order chi connectivity index (χ1) is 14.7. The number of anilines is 1. The number of aromatic nitrogens is 5. The van der Waals surface area contributed by atoms with E-state index < -0.39 is 0 Å². The largest absolute Gasteiger partial charge is 0.461 e. The fourth-order valence-electron chi connectivity index (χ4n) is 3.47. The minimum atomic E-state index is -0.159. The molecule has 0 N–H and O–H groups in total. The lowest BCUT2D eigenvalue weighted by Crippen LogP contribution is -2.49. The lowest BCUT2D eigenvalue weighted by molar-refractivity contribution is 0.0736. The molecule has 5 rings (SSSR count). The van der Waals surface area contributed by atoms with Gasteiger partial charge in [-0.2, -0.15) is 0 Å². The van der Waals surface area contributed by atoms with Gasteiger partial charge in [-0.15, -0.1) is 0 Å². The van der Waals surface area contributed by atoms with E-state index in [1.54, 1.807) is 41.9 Å². The molecule has 10 nitrogen and oxygen atoms in total. The lowest BCUT2D eigenvalue weighted by Gasteiger charge is -2.35. The number of carbonyl (C=O) groups excluding carboxylic acids is 1. The van der Waals surface area contributed by atoms with E-state index in [1.165, 1.54) is 0 Å². The van der Waals surface area contributed by atoms with Gasteiger partial charge in [0.15, 0.2) is 11.5 Å². The number of hydrogen-bond donors (Lipinski definition) is 0. The van der Waals surface area contributed by atoms with E-state index in [0.29, 0.717) is 37.7 Å². The fourth-order valence-corrected chi connectivity index (χ4v) is 3.47. The number of nitrogens with zero attached hydrogens (tertiary/aromatic N) is 7. The van der Waals surface area contributed by atoms with Crippen molar-refractivity contribution >= 4 is 11.7 Å². The molecule has 0 saturated carbocycles. The van der Waals surface area contributed by atoms with Crippen molar-refractivity contribution in [2.45, 2.75) is 6.92 Å². The van der Waals surface area contributed by atoms with Crippen molar-refractivity contribution in [1.29, 1.82) is 0 Å². The van der Waals surface area contributed by atoms with Gasteiger partial charge >= 0.3 is 0 Å². The van der Waals surface area contributed by atoms with Gasteiger partial charge in [-0.3, -0.25) is 9.36 Å². The molecule has 0 atom stereocenters. The summed E-state index contributed by atoms with van der Waals surface area (Å²) in [6.45, 7) is 4.37. The topological polar surface area (TPSA) is 106 Å². The second-order valence-corrected chi connectivity index (χ2v) is 6.91. The summed E-state index contributed by atoms with van der Waals surface area (Å²) in [7, 11) is 0. The van der Waals surface area contributed by atoms with Gasteiger partial charge < -0.3 is 18.7 Å². The third kappa shape index (κ3) is 3.32. The summed E-state index contributed by atoms with van der Waals surface area (Å²) in [5.74, 6) is 3.26. The Morgan fingerprint density at radius 1 is 1.03 bits per heavy atom. The summed E-state index contributed by atoms with van der Waals surface area (Å²) in [6, 6.07) is 7.05. The van der Waals surface area contributed by atoms with E-state index in [9.17, 15) is 4.79 Å². The molecule has 1 fully saturated rings. The van der Waals surface area contributed by atoms with Crippen molar-refractivity contribution in [2.75, 3.05) is 31.1 Å². The molecule has 0 unspecified atom stereocenters. The van der Waals surface area contributed by atoms with Crippen LogP contribution in [-0.4, -0.2) is 61.7 Å². The van der Waals surface area contributed by atoms with Crippen molar-refractivity contribution in [3.05, 3.63) is 60.8 Å².